The highest BCUT2D eigenvalue weighted by Gasteiger charge is 2.37. The van der Waals surface area contributed by atoms with Crippen molar-refractivity contribution in [1.82, 2.24) is 25.7 Å². The van der Waals surface area contributed by atoms with E-state index in [1.807, 2.05) is 0 Å². The third-order valence-corrected chi connectivity index (χ3v) is 5.41. The van der Waals surface area contributed by atoms with Crippen LogP contribution in [0.5, 0.6) is 0 Å². The van der Waals surface area contributed by atoms with E-state index in [4.69, 9.17) is 4.74 Å². The van der Waals surface area contributed by atoms with Gasteiger partial charge in [-0.15, -0.1) is 0 Å². The molecular formula is C18H24FN5O2. The largest absolute Gasteiger partial charge is 0.468 e. The number of imidazole rings is 1. The number of piperidine rings is 1. The second-order valence-electron chi connectivity index (χ2n) is 7.08. The van der Waals surface area contributed by atoms with E-state index in [1.165, 1.54) is 19.2 Å². The van der Waals surface area contributed by atoms with Crippen molar-refractivity contribution >= 4 is 17.0 Å². The Bertz CT molecular complexity index is 795. The molecule has 3 unspecified atom stereocenters. The molecule has 3 atom stereocenters. The Morgan fingerprint density at radius 1 is 1.42 bits per heavy atom. The summed E-state index contributed by atoms with van der Waals surface area (Å²) < 4.78 is 18.4. The molecule has 26 heavy (non-hydrogen) atoms. The molecule has 2 aliphatic heterocycles. The van der Waals surface area contributed by atoms with Crippen LogP contribution in [0.1, 0.15) is 31.1 Å². The monoisotopic (exact) mass is 361 g/mol. The highest BCUT2D eigenvalue weighted by molar-refractivity contribution is 5.76. The molecule has 2 fully saturated rings. The fraction of sp³-hybridized carbons (Fsp3) is 0.556. The molecule has 0 saturated carbocycles. The zero-order valence-electron chi connectivity index (χ0n) is 14.8. The molecule has 0 aliphatic carbocycles. The smallest absolute Gasteiger partial charge is 0.324 e. The van der Waals surface area contributed by atoms with E-state index in [0.717, 1.165) is 49.2 Å². The molecule has 140 valence electrons. The van der Waals surface area contributed by atoms with Crippen molar-refractivity contribution in [1.29, 1.82) is 0 Å². The van der Waals surface area contributed by atoms with Gasteiger partial charge in [0, 0.05) is 19.0 Å². The van der Waals surface area contributed by atoms with Gasteiger partial charge < -0.3 is 9.72 Å². The van der Waals surface area contributed by atoms with Crippen molar-refractivity contribution in [3.8, 4) is 0 Å². The van der Waals surface area contributed by atoms with Crippen molar-refractivity contribution in [2.45, 2.75) is 31.3 Å². The maximum absolute atomic E-state index is 13.5. The number of fused-ring (bicyclic) bond motifs is 1. The fourth-order valence-electron chi connectivity index (χ4n) is 4.06. The van der Waals surface area contributed by atoms with E-state index in [1.54, 1.807) is 6.07 Å². The summed E-state index contributed by atoms with van der Waals surface area (Å²) in [4.78, 5) is 22.3. The van der Waals surface area contributed by atoms with Crippen LogP contribution in [0.25, 0.3) is 11.0 Å². The van der Waals surface area contributed by atoms with Crippen molar-refractivity contribution in [3.63, 3.8) is 0 Å². The molecule has 3 heterocycles. The number of carbonyl (C=O) groups is 1. The molecule has 2 saturated heterocycles. The van der Waals surface area contributed by atoms with E-state index in [2.05, 4.69) is 25.7 Å². The van der Waals surface area contributed by atoms with Crippen LogP contribution in [-0.4, -0.2) is 53.6 Å². The summed E-state index contributed by atoms with van der Waals surface area (Å²) in [5.74, 6) is 0.494. The molecular weight excluding hydrogens is 337 g/mol. The molecule has 0 radical (unpaired) electrons. The summed E-state index contributed by atoms with van der Waals surface area (Å²) in [5, 5.41) is 0. The summed E-state index contributed by atoms with van der Waals surface area (Å²) in [6.45, 7) is 2.45. The van der Waals surface area contributed by atoms with Crippen molar-refractivity contribution < 1.29 is 13.9 Å². The first kappa shape index (κ1) is 17.4. The Morgan fingerprint density at radius 3 is 3.15 bits per heavy atom. The molecule has 7 nitrogen and oxygen atoms in total. The second-order valence-corrected chi connectivity index (χ2v) is 7.08. The number of hydrogen-bond donors (Lipinski definition) is 3. The van der Waals surface area contributed by atoms with Crippen LogP contribution in [0.4, 0.5) is 4.39 Å². The Labute approximate surface area is 151 Å². The first-order chi connectivity index (χ1) is 12.7. The number of nitrogens with one attached hydrogen (secondary N) is 3. The number of rotatable bonds is 4. The second kappa shape index (κ2) is 7.30. The number of ether oxygens (including phenoxy) is 1. The first-order valence-electron chi connectivity index (χ1n) is 9.11. The van der Waals surface area contributed by atoms with Gasteiger partial charge in [-0.25, -0.2) is 14.8 Å². The molecule has 2 aliphatic rings. The maximum Gasteiger partial charge on any atom is 0.324 e. The van der Waals surface area contributed by atoms with Gasteiger partial charge in [0.1, 0.15) is 17.7 Å². The van der Waals surface area contributed by atoms with Crippen molar-refractivity contribution in [2.24, 2.45) is 5.92 Å². The summed E-state index contributed by atoms with van der Waals surface area (Å²) in [6, 6.07) is 4.43. The van der Waals surface area contributed by atoms with Crippen molar-refractivity contribution in [3.05, 3.63) is 29.8 Å². The zero-order valence-corrected chi connectivity index (χ0v) is 14.8. The quantitative estimate of drug-likeness (QED) is 0.716. The summed E-state index contributed by atoms with van der Waals surface area (Å²) in [5.41, 5.74) is 7.59. The van der Waals surface area contributed by atoms with E-state index in [9.17, 15) is 9.18 Å². The van der Waals surface area contributed by atoms with Gasteiger partial charge in [-0.1, -0.05) is 6.42 Å². The molecule has 1 aromatic heterocycles. The standard InChI is InChI=1S/C18H24FN5O2/c1-26-18(25)16-11(9-20-23-16)10-24-7-3-2-4-15(24)17-21-13-6-5-12(19)8-14(13)22-17/h5-6,8,11,15-16,20,23H,2-4,7,9-10H2,1H3,(H,21,22). The van der Waals surface area contributed by atoms with Crippen LogP contribution < -0.4 is 10.9 Å². The van der Waals surface area contributed by atoms with Crippen LogP contribution in [0.2, 0.25) is 0 Å². The van der Waals surface area contributed by atoms with Gasteiger partial charge in [-0.3, -0.25) is 15.1 Å². The lowest BCUT2D eigenvalue weighted by atomic mass is 9.96. The number of hydrazine groups is 1. The number of H-pyrrole nitrogens is 1. The van der Waals surface area contributed by atoms with Crippen LogP contribution in [0, 0.1) is 11.7 Å². The highest BCUT2D eigenvalue weighted by Crippen LogP contribution is 2.32. The minimum Gasteiger partial charge on any atom is -0.468 e. The highest BCUT2D eigenvalue weighted by atomic mass is 19.1. The van der Waals surface area contributed by atoms with E-state index in [-0.39, 0.29) is 29.8 Å². The summed E-state index contributed by atoms with van der Waals surface area (Å²) >= 11 is 0. The molecule has 4 rings (SSSR count). The lowest BCUT2D eigenvalue weighted by Gasteiger charge is -2.36. The van der Waals surface area contributed by atoms with E-state index < -0.39 is 0 Å². The van der Waals surface area contributed by atoms with Gasteiger partial charge in [-0.2, -0.15) is 0 Å². The number of esters is 1. The predicted molar refractivity (Wildman–Crippen MR) is 94.6 cm³/mol. The van der Waals surface area contributed by atoms with Gasteiger partial charge >= 0.3 is 5.97 Å². The topological polar surface area (TPSA) is 82.3 Å². The van der Waals surface area contributed by atoms with Gasteiger partial charge in [-0.05, 0) is 37.6 Å². The SMILES string of the molecule is COC(=O)C1NNCC1CN1CCCCC1c1nc2ccc(F)cc2[nH]1. The minimum absolute atomic E-state index is 0.130. The van der Waals surface area contributed by atoms with Crippen LogP contribution in [-0.2, 0) is 9.53 Å². The van der Waals surface area contributed by atoms with Crippen LogP contribution in [0.3, 0.4) is 0 Å². The normalized spacial score (nSPS) is 27.1. The fourth-order valence-corrected chi connectivity index (χ4v) is 4.06. The average Bonchev–Trinajstić information content (AvgIpc) is 3.28. The number of methoxy groups -OCH3 is 1. The molecule has 0 bridgehead atoms. The molecule has 0 spiro atoms. The predicted octanol–water partition coefficient (Wildman–Crippen LogP) is 1.49. The lowest BCUT2D eigenvalue weighted by Crippen LogP contribution is -2.45. The number of aromatic amines is 1. The average molecular weight is 361 g/mol. The minimum atomic E-state index is -0.340. The molecule has 0 amide bonds. The molecule has 3 N–H and O–H groups in total. The van der Waals surface area contributed by atoms with Gasteiger partial charge in [0.15, 0.2) is 0 Å². The third-order valence-electron chi connectivity index (χ3n) is 5.41. The number of benzene rings is 1. The van der Waals surface area contributed by atoms with Gasteiger partial charge in [0.05, 0.1) is 24.2 Å². The number of halogens is 1. The number of likely N-dealkylation sites (tertiary alicyclic amines) is 1. The lowest BCUT2D eigenvalue weighted by molar-refractivity contribution is -0.144. The van der Waals surface area contributed by atoms with Gasteiger partial charge in [0.2, 0.25) is 0 Å². The number of hydrogen-bond acceptors (Lipinski definition) is 6. The third kappa shape index (κ3) is 3.32. The Balaban J connectivity index is 1.55. The first-order valence-corrected chi connectivity index (χ1v) is 9.11. The summed E-state index contributed by atoms with van der Waals surface area (Å²) in [7, 11) is 1.41. The molecule has 2 aromatic rings. The van der Waals surface area contributed by atoms with Gasteiger partial charge in [0.25, 0.3) is 0 Å². The Morgan fingerprint density at radius 2 is 2.31 bits per heavy atom. The number of aromatic nitrogens is 2. The van der Waals surface area contributed by atoms with Crippen LogP contribution >= 0.6 is 0 Å². The zero-order chi connectivity index (χ0) is 18.1. The van der Waals surface area contributed by atoms with E-state index >= 15 is 0 Å². The molecule has 1 aromatic carbocycles. The number of nitrogens with zero attached hydrogens (tertiary/aromatic N) is 2. The Kier molecular flexibility index (Phi) is 4.88. The molecule has 8 heteroatoms. The van der Waals surface area contributed by atoms with Crippen LogP contribution in [0.15, 0.2) is 18.2 Å². The summed E-state index contributed by atoms with van der Waals surface area (Å²) in [6.07, 6.45) is 3.26. The maximum atomic E-state index is 13.5. The Hall–Kier alpha value is -2.03. The van der Waals surface area contributed by atoms with Crippen molar-refractivity contribution in [2.75, 3.05) is 26.7 Å². The number of carbonyl (C=O) groups excluding carboxylic acids is 1. The van der Waals surface area contributed by atoms with E-state index in [0.29, 0.717) is 6.54 Å².